The predicted octanol–water partition coefficient (Wildman–Crippen LogP) is 2.99. The van der Waals surface area contributed by atoms with Gasteiger partial charge in [-0.1, -0.05) is 31.9 Å². The topological polar surface area (TPSA) is 63.2 Å². The van der Waals surface area contributed by atoms with Crippen LogP contribution in [0.25, 0.3) is 0 Å². The van der Waals surface area contributed by atoms with Gasteiger partial charge in [-0.3, -0.25) is 4.79 Å². The monoisotopic (exact) mass is 323 g/mol. The molecule has 22 heavy (non-hydrogen) atoms. The summed E-state index contributed by atoms with van der Waals surface area (Å²) in [5, 5.41) is 3.03. The van der Waals surface area contributed by atoms with Crippen molar-refractivity contribution < 1.29 is 13.2 Å². The zero-order valence-corrected chi connectivity index (χ0v) is 14.4. The molecule has 0 aliphatic heterocycles. The Kier molecular flexibility index (Phi) is 4.95. The number of aryl methyl sites for hydroxylation is 1. The fraction of sp³-hybridized carbons (Fsp3) is 0.588. The lowest BCUT2D eigenvalue weighted by atomic mass is 9.82. The summed E-state index contributed by atoms with van der Waals surface area (Å²) >= 11 is 0. The number of nitrogens with one attached hydrogen (secondary N) is 1. The lowest BCUT2D eigenvalue weighted by Crippen LogP contribution is -2.38. The van der Waals surface area contributed by atoms with Gasteiger partial charge in [-0.2, -0.15) is 0 Å². The summed E-state index contributed by atoms with van der Waals surface area (Å²) < 4.78 is 23.2. The van der Waals surface area contributed by atoms with Crippen LogP contribution in [0.3, 0.4) is 0 Å². The van der Waals surface area contributed by atoms with Gasteiger partial charge >= 0.3 is 0 Å². The Bertz CT molecular complexity index is 658. The Hall–Kier alpha value is -1.36. The van der Waals surface area contributed by atoms with Crippen molar-refractivity contribution in [1.82, 2.24) is 5.32 Å². The standard InChI is InChI=1S/C17H25NO3S/c1-4-17(9-5-6-10-17)16(19)18-12-14-7-8-15(13(2)11-14)22(3,20)21/h7-8,11H,4-6,9-10,12H2,1-3H3,(H,18,19). The molecule has 4 nitrogen and oxygen atoms in total. The molecule has 1 aliphatic carbocycles. The van der Waals surface area contributed by atoms with Crippen LogP contribution >= 0.6 is 0 Å². The predicted molar refractivity (Wildman–Crippen MR) is 87.3 cm³/mol. The van der Waals surface area contributed by atoms with E-state index in [4.69, 9.17) is 0 Å². The fourth-order valence-corrected chi connectivity index (χ4v) is 4.36. The van der Waals surface area contributed by atoms with E-state index in [9.17, 15) is 13.2 Å². The number of carbonyl (C=O) groups excluding carboxylic acids is 1. The van der Waals surface area contributed by atoms with Crippen molar-refractivity contribution in [2.24, 2.45) is 5.41 Å². The third-order valence-corrected chi connectivity index (χ3v) is 6.07. The van der Waals surface area contributed by atoms with E-state index in [-0.39, 0.29) is 11.3 Å². The van der Waals surface area contributed by atoms with E-state index in [0.717, 1.165) is 43.2 Å². The normalized spacial score (nSPS) is 17.4. The molecule has 0 bridgehead atoms. The second-order valence-corrected chi connectivity index (χ2v) is 8.38. The number of carbonyl (C=O) groups is 1. The molecule has 5 heteroatoms. The summed E-state index contributed by atoms with van der Waals surface area (Å²) in [5.74, 6) is 0.136. The Balaban J connectivity index is 2.06. The second-order valence-electron chi connectivity index (χ2n) is 6.40. The van der Waals surface area contributed by atoms with Gasteiger partial charge in [0.2, 0.25) is 5.91 Å². The van der Waals surface area contributed by atoms with Crippen molar-refractivity contribution in [3.05, 3.63) is 29.3 Å². The first-order valence-corrected chi connectivity index (χ1v) is 9.75. The van der Waals surface area contributed by atoms with Gasteiger partial charge in [0.1, 0.15) is 0 Å². The largest absolute Gasteiger partial charge is 0.352 e. The summed E-state index contributed by atoms with van der Waals surface area (Å²) in [7, 11) is -3.20. The van der Waals surface area contributed by atoms with Crippen LogP contribution in [0.4, 0.5) is 0 Å². The van der Waals surface area contributed by atoms with Crippen LogP contribution in [0.1, 0.15) is 50.2 Å². The van der Waals surface area contributed by atoms with Crippen molar-refractivity contribution >= 4 is 15.7 Å². The number of sulfone groups is 1. The first-order valence-electron chi connectivity index (χ1n) is 7.86. The maximum absolute atomic E-state index is 12.5. The Morgan fingerprint density at radius 1 is 1.27 bits per heavy atom. The van der Waals surface area contributed by atoms with E-state index < -0.39 is 9.84 Å². The van der Waals surface area contributed by atoms with Crippen molar-refractivity contribution in [1.29, 1.82) is 0 Å². The average molecular weight is 323 g/mol. The number of amides is 1. The molecule has 0 aromatic heterocycles. The molecule has 1 N–H and O–H groups in total. The van der Waals surface area contributed by atoms with E-state index in [1.807, 2.05) is 6.07 Å². The molecule has 0 unspecified atom stereocenters. The molecule has 0 atom stereocenters. The second kappa shape index (κ2) is 6.41. The van der Waals surface area contributed by atoms with Crippen molar-refractivity contribution in [2.45, 2.75) is 57.4 Å². The molecular formula is C17H25NO3S. The van der Waals surface area contributed by atoms with Gasteiger partial charge in [0.25, 0.3) is 0 Å². The summed E-state index contributed by atoms with van der Waals surface area (Å²) in [6.45, 7) is 4.31. The van der Waals surface area contributed by atoms with Crippen LogP contribution in [0, 0.1) is 12.3 Å². The van der Waals surface area contributed by atoms with Gasteiger partial charge in [-0.15, -0.1) is 0 Å². The average Bonchev–Trinajstić information content (AvgIpc) is 2.93. The maximum atomic E-state index is 12.5. The van der Waals surface area contributed by atoms with Crippen LogP contribution in [0.2, 0.25) is 0 Å². The van der Waals surface area contributed by atoms with E-state index in [1.165, 1.54) is 6.26 Å². The van der Waals surface area contributed by atoms with Crippen LogP contribution in [-0.2, 0) is 21.2 Å². The Morgan fingerprint density at radius 3 is 2.41 bits per heavy atom. The fourth-order valence-electron chi connectivity index (χ4n) is 3.40. The molecule has 2 rings (SSSR count). The molecule has 1 fully saturated rings. The van der Waals surface area contributed by atoms with E-state index in [0.29, 0.717) is 11.4 Å². The SMILES string of the molecule is CCC1(C(=O)NCc2ccc(S(C)(=O)=O)c(C)c2)CCCC1. The third-order valence-electron chi connectivity index (χ3n) is 4.81. The summed E-state index contributed by atoms with van der Waals surface area (Å²) in [4.78, 5) is 12.8. The highest BCUT2D eigenvalue weighted by Gasteiger charge is 2.38. The van der Waals surface area contributed by atoms with Gasteiger partial charge in [0.05, 0.1) is 4.90 Å². The van der Waals surface area contributed by atoms with Gasteiger partial charge in [-0.05, 0) is 43.4 Å². The van der Waals surface area contributed by atoms with Gasteiger partial charge in [-0.25, -0.2) is 8.42 Å². The third kappa shape index (κ3) is 3.51. The van der Waals surface area contributed by atoms with Gasteiger partial charge < -0.3 is 5.32 Å². The lowest BCUT2D eigenvalue weighted by Gasteiger charge is -2.26. The van der Waals surface area contributed by atoms with E-state index >= 15 is 0 Å². The molecule has 1 amide bonds. The quantitative estimate of drug-likeness (QED) is 0.906. The highest BCUT2D eigenvalue weighted by Crippen LogP contribution is 2.41. The molecule has 1 aromatic rings. The number of rotatable bonds is 5. The van der Waals surface area contributed by atoms with Crippen LogP contribution in [0.5, 0.6) is 0 Å². The van der Waals surface area contributed by atoms with Gasteiger partial charge in [0.15, 0.2) is 9.84 Å². The summed E-state index contributed by atoms with van der Waals surface area (Å²) in [6, 6.07) is 5.23. The zero-order chi connectivity index (χ0) is 16.4. The number of hydrogen-bond donors (Lipinski definition) is 1. The Labute approximate surface area is 133 Å². The molecule has 0 heterocycles. The minimum absolute atomic E-state index is 0.136. The molecule has 0 spiro atoms. The molecular weight excluding hydrogens is 298 g/mol. The smallest absolute Gasteiger partial charge is 0.226 e. The van der Waals surface area contributed by atoms with Crippen LogP contribution in [0.15, 0.2) is 23.1 Å². The minimum atomic E-state index is -3.20. The summed E-state index contributed by atoms with van der Waals surface area (Å²) in [6.07, 6.45) is 6.29. The molecule has 1 saturated carbocycles. The first kappa shape index (κ1) is 17.0. The first-order chi connectivity index (χ1) is 10.3. The number of benzene rings is 1. The molecule has 1 aliphatic rings. The maximum Gasteiger partial charge on any atom is 0.226 e. The molecule has 1 aromatic carbocycles. The highest BCUT2D eigenvalue weighted by atomic mass is 32.2. The van der Waals surface area contributed by atoms with E-state index in [2.05, 4.69) is 12.2 Å². The van der Waals surface area contributed by atoms with Crippen molar-refractivity contribution in [3.63, 3.8) is 0 Å². The van der Waals surface area contributed by atoms with Crippen molar-refractivity contribution in [3.8, 4) is 0 Å². The van der Waals surface area contributed by atoms with Crippen molar-refractivity contribution in [2.75, 3.05) is 6.26 Å². The molecule has 122 valence electrons. The van der Waals surface area contributed by atoms with Gasteiger partial charge in [0, 0.05) is 18.2 Å². The van der Waals surface area contributed by atoms with Crippen LogP contribution < -0.4 is 5.32 Å². The summed E-state index contributed by atoms with van der Waals surface area (Å²) in [5.41, 5.74) is 1.46. The molecule has 0 radical (unpaired) electrons. The molecule has 0 saturated heterocycles. The Morgan fingerprint density at radius 2 is 1.91 bits per heavy atom. The number of hydrogen-bond acceptors (Lipinski definition) is 3. The zero-order valence-electron chi connectivity index (χ0n) is 13.6. The van der Waals surface area contributed by atoms with E-state index in [1.54, 1.807) is 19.1 Å². The minimum Gasteiger partial charge on any atom is -0.352 e. The highest BCUT2D eigenvalue weighted by molar-refractivity contribution is 7.90. The lowest BCUT2D eigenvalue weighted by molar-refractivity contribution is -0.131. The van der Waals surface area contributed by atoms with Crippen LogP contribution in [-0.4, -0.2) is 20.6 Å².